The van der Waals surface area contributed by atoms with Gasteiger partial charge in [0.1, 0.15) is 0 Å². The van der Waals surface area contributed by atoms with Gasteiger partial charge in [-0.3, -0.25) is 9.10 Å². The lowest BCUT2D eigenvalue weighted by Crippen LogP contribution is -2.38. The first-order valence-electron chi connectivity index (χ1n) is 9.17. The predicted octanol–water partition coefficient (Wildman–Crippen LogP) is 3.86. The van der Waals surface area contributed by atoms with Crippen LogP contribution in [-0.4, -0.2) is 33.2 Å². The maximum atomic E-state index is 13.3. The third kappa shape index (κ3) is 3.44. The van der Waals surface area contributed by atoms with Crippen LogP contribution in [0.25, 0.3) is 0 Å². The zero-order chi connectivity index (χ0) is 19.0. The van der Waals surface area contributed by atoms with Crippen molar-refractivity contribution in [2.45, 2.75) is 25.7 Å². The molecule has 0 spiro atoms. The van der Waals surface area contributed by atoms with E-state index in [-0.39, 0.29) is 11.7 Å². The number of fused-ring (bicyclic) bond motifs is 1. The fraction of sp³-hybridized carbons (Fsp3) is 0.350. The number of hydrogen-bond acceptors (Lipinski definition) is 3. The van der Waals surface area contributed by atoms with Gasteiger partial charge in [0.25, 0.3) is 5.91 Å². The lowest BCUT2D eigenvalue weighted by molar-refractivity contribution is 0.0985. The topological polar surface area (TPSA) is 57.7 Å². The molecule has 0 unspecified atom stereocenters. The van der Waals surface area contributed by atoms with Crippen molar-refractivity contribution in [3.05, 3.63) is 58.6 Å². The molecule has 2 aliphatic heterocycles. The van der Waals surface area contributed by atoms with E-state index < -0.39 is 10.0 Å². The van der Waals surface area contributed by atoms with Gasteiger partial charge in [0.05, 0.1) is 22.0 Å². The monoisotopic (exact) mass is 404 g/mol. The molecule has 0 atom stereocenters. The van der Waals surface area contributed by atoms with Crippen LogP contribution in [0.5, 0.6) is 0 Å². The van der Waals surface area contributed by atoms with Crippen molar-refractivity contribution in [1.29, 1.82) is 0 Å². The van der Waals surface area contributed by atoms with Gasteiger partial charge in [0.2, 0.25) is 10.0 Å². The molecule has 1 fully saturated rings. The van der Waals surface area contributed by atoms with Crippen LogP contribution in [0.1, 0.15) is 35.2 Å². The van der Waals surface area contributed by atoms with E-state index >= 15 is 0 Å². The van der Waals surface area contributed by atoms with Crippen molar-refractivity contribution in [2.75, 3.05) is 28.0 Å². The highest BCUT2D eigenvalue weighted by Crippen LogP contribution is 2.32. The van der Waals surface area contributed by atoms with E-state index in [0.717, 1.165) is 30.5 Å². The molecular weight excluding hydrogens is 384 g/mol. The van der Waals surface area contributed by atoms with E-state index in [0.29, 0.717) is 35.8 Å². The molecule has 5 nitrogen and oxygen atoms in total. The van der Waals surface area contributed by atoms with Crippen LogP contribution < -0.4 is 9.21 Å². The van der Waals surface area contributed by atoms with Crippen LogP contribution in [0.2, 0.25) is 5.02 Å². The Labute approximate surface area is 164 Å². The Morgan fingerprint density at radius 1 is 1.00 bits per heavy atom. The van der Waals surface area contributed by atoms with Crippen LogP contribution in [0, 0.1) is 0 Å². The summed E-state index contributed by atoms with van der Waals surface area (Å²) in [5.74, 6) is -0.0540. The van der Waals surface area contributed by atoms with Crippen molar-refractivity contribution >= 4 is 38.9 Å². The fourth-order valence-electron chi connectivity index (χ4n) is 3.80. The summed E-state index contributed by atoms with van der Waals surface area (Å²) >= 11 is 6.33. The van der Waals surface area contributed by atoms with E-state index in [9.17, 15) is 13.2 Å². The SMILES string of the molecule is O=C(c1cc(N2CCCCS2(=O)=O)ccc1Cl)N1CCCc2ccccc21. The molecule has 0 aliphatic carbocycles. The molecule has 0 radical (unpaired) electrons. The van der Waals surface area contributed by atoms with Crippen LogP contribution in [0.3, 0.4) is 0 Å². The molecule has 2 heterocycles. The van der Waals surface area contributed by atoms with Gasteiger partial charge in [-0.05, 0) is 55.5 Å². The molecule has 0 N–H and O–H groups in total. The highest BCUT2D eigenvalue weighted by Gasteiger charge is 2.29. The number of amides is 1. The number of benzene rings is 2. The summed E-state index contributed by atoms with van der Waals surface area (Å²) in [5.41, 5.74) is 2.89. The molecule has 142 valence electrons. The number of halogens is 1. The third-order valence-corrected chi connectivity index (χ3v) is 7.37. The number of carbonyl (C=O) groups is 1. The van der Waals surface area contributed by atoms with Gasteiger partial charge in [-0.2, -0.15) is 0 Å². The number of para-hydroxylation sites is 1. The maximum Gasteiger partial charge on any atom is 0.259 e. The second kappa shape index (κ2) is 7.17. The molecular formula is C20H21ClN2O3S. The molecule has 0 saturated carbocycles. The summed E-state index contributed by atoms with van der Waals surface area (Å²) in [6.45, 7) is 1.06. The molecule has 4 rings (SSSR count). The number of rotatable bonds is 2. The molecule has 2 aromatic rings. The van der Waals surface area contributed by atoms with Crippen molar-refractivity contribution < 1.29 is 13.2 Å². The first-order valence-corrected chi connectivity index (χ1v) is 11.2. The number of sulfonamides is 1. The van der Waals surface area contributed by atoms with Gasteiger partial charge >= 0.3 is 0 Å². The molecule has 0 bridgehead atoms. The van der Waals surface area contributed by atoms with Crippen LogP contribution in [0.15, 0.2) is 42.5 Å². The second-order valence-electron chi connectivity index (χ2n) is 6.95. The summed E-state index contributed by atoms with van der Waals surface area (Å²) in [4.78, 5) is 15.0. The predicted molar refractivity (Wildman–Crippen MR) is 108 cm³/mol. The van der Waals surface area contributed by atoms with E-state index in [2.05, 4.69) is 0 Å². The summed E-state index contributed by atoms with van der Waals surface area (Å²) in [5, 5.41) is 0.334. The first-order chi connectivity index (χ1) is 13.0. The number of aryl methyl sites for hydroxylation is 1. The van der Waals surface area contributed by atoms with Crippen molar-refractivity contribution in [1.82, 2.24) is 0 Å². The summed E-state index contributed by atoms with van der Waals surface area (Å²) in [7, 11) is -3.34. The maximum absolute atomic E-state index is 13.3. The summed E-state index contributed by atoms with van der Waals surface area (Å²) in [6, 6.07) is 12.8. The summed E-state index contributed by atoms with van der Waals surface area (Å²) in [6.07, 6.45) is 3.31. The highest BCUT2D eigenvalue weighted by atomic mass is 35.5. The van der Waals surface area contributed by atoms with Crippen LogP contribution >= 0.6 is 11.6 Å². The fourth-order valence-corrected chi connectivity index (χ4v) is 5.63. The Morgan fingerprint density at radius 3 is 2.63 bits per heavy atom. The molecule has 2 aromatic carbocycles. The van der Waals surface area contributed by atoms with E-state index in [1.54, 1.807) is 23.1 Å². The van der Waals surface area contributed by atoms with Crippen molar-refractivity contribution in [3.63, 3.8) is 0 Å². The average molecular weight is 405 g/mol. The molecule has 1 saturated heterocycles. The van der Waals surface area contributed by atoms with Gasteiger partial charge in [-0.25, -0.2) is 8.42 Å². The third-order valence-electron chi connectivity index (χ3n) is 5.17. The van der Waals surface area contributed by atoms with E-state index in [4.69, 9.17) is 11.6 Å². The minimum absolute atomic E-state index is 0.137. The molecule has 27 heavy (non-hydrogen) atoms. The zero-order valence-corrected chi connectivity index (χ0v) is 16.5. The Bertz CT molecular complexity index is 990. The minimum atomic E-state index is -3.34. The molecule has 0 aromatic heterocycles. The highest BCUT2D eigenvalue weighted by molar-refractivity contribution is 7.92. The van der Waals surface area contributed by atoms with E-state index in [1.165, 1.54) is 4.31 Å². The van der Waals surface area contributed by atoms with E-state index in [1.807, 2.05) is 24.3 Å². The Morgan fingerprint density at radius 2 is 1.81 bits per heavy atom. The van der Waals surface area contributed by atoms with Gasteiger partial charge in [0, 0.05) is 18.8 Å². The Hall–Kier alpha value is -2.05. The Kier molecular flexibility index (Phi) is 4.86. The zero-order valence-electron chi connectivity index (χ0n) is 14.9. The van der Waals surface area contributed by atoms with Gasteiger partial charge in [0.15, 0.2) is 0 Å². The lowest BCUT2D eigenvalue weighted by atomic mass is 10.0. The van der Waals surface area contributed by atoms with Gasteiger partial charge in [-0.15, -0.1) is 0 Å². The quantitative estimate of drug-likeness (QED) is 0.763. The van der Waals surface area contributed by atoms with Crippen LogP contribution in [0.4, 0.5) is 11.4 Å². The normalized spacial score (nSPS) is 18.9. The molecule has 2 aliphatic rings. The standard InChI is InChI=1S/C20H21ClN2O3S/c21-18-10-9-16(23-12-3-4-13-27(23,25)26)14-17(18)20(24)22-11-5-7-15-6-1-2-8-19(15)22/h1-2,6,8-10,14H,3-5,7,11-13H2. The second-order valence-corrected chi connectivity index (χ2v) is 9.37. The van der Waals surface area contributed by atoms with Gasteiger partial charge in [-0.1, -0.05) is 29.8 Å². The minimum Gasteiger partial charge on any atom is -0.308 e. The van der Waals surface area contributed by atoms with Crippen molar-refractivity contribution in [3.8, 4) is 0 Å². The van der Waals surface area contributed by atoms with Crippen LogP contribution in [-0.2, 0) is 16.4 Å². The summed E-state index contributed by atoms with van der Waals surface area (Å²) < 4.78 is 26.2. The smallest absolute Gasteiger partial charge is 0.259 e. The number of nitrogens with zero attached hydrogens (tertiary/aromatic N) is 2. The van der Waals surface area contributed by atoms with Gasteiger partial charge < -0.3 is 4.90 Å². The number of anilines is 2. The molecule has 1 amide bonds. The number of hydrogen-bond donors (Lipinski definition) is 0. The Balaban J connectivity index is 1.71. The van der Waals surface area contributed by atoms with Crippen molar-refractivity contribution in [2.24, 2.45) is 0 Å². The number of carbonyl (C=O) groups excluding carboxylic acids is 1. The average Bonchev–Trinajstić information content (AvgIpc) is 2.67. The first kappa shape index (κ1) is 18.3. The molecule has 7 heteroatoms. The lowest BCUT2D eigenvalue weighted by Gasteiger charge is -2.31. The largest absolute Gasteiger partial charge is 0.308 e.